The maximum atomic E-state index is 12.7. The van der Waals surface area contributed by atoms with Gasteiger partial charge >= 0.3 is 0 Å². The Kier molecular flexibility index (Phi) is 5.63. The largest absolute Gasteiger partial charge is 0.384 e. The third kappa shape index (κ3) is 3.58. The standard InChI is InChI=1S/C16H31N3O2/c1-19(2)16(7-5-4-6-8-16)12-18-14(20)15(13-21-3)9-10-17-11-15/h17H,4-13H2,1-3H3,(H,18,20). The van der Waals surface area contributed by atoms with E-state index in [1.807, 2.05) is 0 Å². The average molecular weight is 297 g/mol. The number of carbonyl (C=O) groups excluding carboxylic acids is 1. The summed E-state index contributed by atoms with van der Waals surface area (Å²) in [6.07, 6.45) is 7.06. The summed E-state index contributed by atoms with van der Waals surface area (Å²) >= 11 is 0. The number of amides is 1. The maximum Gasteiger partial charge on any atom is 0.229 e. The van der Waals surface area contributed by atoms with E-state index in [1.165, 1.54) is 32.1 Å². The second kappa shape index (κ2) is 7.07. The highest BCUT2D eigenvalue weighted by Gasteiger charge is 2.43. The number of nitrogens with zero attached hydrogens (tertiary/aromatic N) is 1. The molecule has 122 valence electrons. The van der Waals surface area contributed by atoms with Gasteiger partial charge in [0.25, 0.3) is 0 Å². The molecule has 1 aliphatic carbocycles. The average Bonchev–Trinajstić information content (AvgIpc) is 2.96. The smallest absolute Gasteiger partial charge is 0.229 e. The lowest BCUT2D eigenvalue weighted by atomic mass is 9.80. The number of hydrogen-bond donors (Lipinski definition) is 2. The molecular weight excluding hydrogens is 266 g/mol. The lowest BCUT2D eigenvalue weighted by Crippen LogP contribution is -2.56. The molecule has 2 aliphatic rings. The van der Waals surface area contributed by atoms with Crippen molar-refractivity contribution in [2.45, 2.75) is 44.1 Å². The first-order chi connectivity index (χ1) is 10.0. The zero-order chi connectivity index (χ0) is 15.3. The molecule has 0 aromatic rings. The Morgan fingerprint density at radius 1 is 1.24 bits per heavy atom. The highest BCUT2D eigenvalue weighted by Crippen LogP contribution is 2.32. The molecule has 0 radical (unpaired) electrons. The third-order valence-electron chi connectivity index (χ3n) is 5.46. The minimum Gasteiger partial charge on any atom is -0.384 e. The Hall–Kier alpha value is -0.650. The van der Waals surface area contributed by atoms with Gasteiger partial charge in [-0.15, -0.1) is 0 Å². The molecule has 0 bridgehead atoms. The molecule has 0 aromatic heterocycles. The molecule has 1 aliphatic heterocycles. The SMILES string of the molecule is COCC1(C(=O)NCC2(N(C)C)CCCCC2)CCNC1. The lowest BCUT2D eigenvalue weighted by Gasteiger charge is -2.43. The fraction of sp³-hybridized carbons (Fsp3) is 0.938. The number of carbonyl (C=O) groups is 1. The quantitative estimate of drug-likeness (QED) is 0.768. The monoisotopic (exact) mass is 297 g/mol. The Morgan fingerprint density at radius 3 is 2.48 bits per heavy atom. The summed E-state index contributed by atoms with van der Waals surface area (Å²) in [5.74, 6) is 0.154. The Bertz CT molecular complexity index is 345. The second-order valence-electron chi connectivity index (χ2n) is 7.00. The maximum absolute atomic E-state index is 12.7. The molecule has 5 heteroatoms. The van der Waals surface area contributed by atoms with Crippen molar-refractivity contribution in [3.05, 3.63) is 0 Å². The summed E-state index contributed by atoms with van der Waals surface area (Å²) in [7, 11) is 5.95. The van der Waals surface area contributed by atoms with Crippen molar-refractivity contribution in [3.63, 3.8) is 0 Å². The summed E-state index contributed by atoms with van der Waals surface area (Å²) in [4.78, 5) is 15.0. The van der Waals surface area contributed by atoms with E-state index in [2.05, 4.69) is 29.6 Å². The van der Waals surface area contributed by atoms with Crippen LogP contribution in [0.4, 0.5) is 0 Å². The van der Waals surface area contributed by atoms with E-state index in [1.54, 1.807) is 7.11 Å². The molecule has 2 N–H and O–H groups in total. The second-order valence-corrected chi connectivity index (χ2v) is 7.00. The van der Waals surface area contributed by atoms with Gasteiger partial charge in [-0.05, 0) is 39.9 Å². The van der Waals surface area contributed by atoms with Crippen molar-refractivity contribution < 1.29 is 9.53 Å². The lowest BCUT2D eigenvalue weighted by molar-refractivity contribution is -0.133. The highest BCUT2D eigenvalue weighted by molar-refractivity contribution is 5.83. The topological polar surface area (TPSA) is 53.6 Å². The third-order valence-corrected chi connectivity index (χ3v) is 5.46. The van der Waals surface area contributed by atoms with Crippen LogP contribution in [0.25, 0.3) is 0 Å². The van der Waals surface area contributed by atoms with Crippen LogP contribution < -0.4 is 10.6 Å². The van der Waals surface area contributed by atoms with E-state index in [0.29, 0.717) is 6.61 Å². The number of rotatable bonds is 6. The molecule has 0 aromatic carbocycles. The van der Waals surface area contributed by atoms with Crippen LogP contribution in [0.1, 0.15) is 38.5 Å². The number of methoxy groups -OCH3 is 1. The fourth-order valence-corrected chi connectivity index (χ4v) is 3.83. The molecule has 1 saturated heterocycles. The Labute approximate surface area is 128 Å². The minimum atomic E-state index is -0.378. The van der Waals surface area contributed by atoms with Gasteiger partial charge in [-0.2, -0.15) is 0 Å². The van der Waals surface area contributed by atoms with E-state index in [4.69, 9.17) is 4.74 Å². The van der Waals surface area contributed by atoms with Crippen molar-refractivity contribution in [2.75, 3.05) is 47.4 Å². The van der Waals surface area contributed by atoms with Crippen molar-refractivity contribution in [1.82, 2.24) is 15.5 Å². The summed E-state index contributed by atoms with van der Waals surface area (Å²) in [5, 5.41) is 6.54. The van der Waals surface area contributed by atoms with Crippen LogP contribution in [0.5, 0.6) is 0 Å². The predicted molar refractivity (Wildman–Crippen MR) is 84.3 cm³/mol. The molecule has 1 amide bonds. The van der Waals surface area contributed by atoms with Crippen LogP contribution in [0, 0.1) is 5.41 Å². The zero-order valence-corrected chi connectivity index (χ0v) is 13.8. The van der Waals surface area contributed by atoms with Gasteiger partial charge < -0.3 is 20.3 Å². The molecule has 1 atom stereocenters. The van der Waals surface area contributed by atoms with Crippen molar-refractivity contribution in [3.8, 4) is 0 Å². The van der Waals surface area contributed by atoms with Gasteiger partial charge in [0.2, 0.25) is 5.91 Å². The first-order valence-corrected chi connectivity index (χ1v) is 8.20. The van der Waals surface area contributed by atoms with Gasteiger partial charge in [0, 0.05) is 25.7 Å². The molecule has 0 spiro atoms. The zero-order valence-electron chi connectivity index (χ0n) is 13.8. The van der Waals surface area contributed by atoms with Gasteiger partial charge in [0.15, 0.2) is 0 Å². The Morgan fingerprint density at radius 2 is 1.95 bits per heavy atom. The summed E-state index contributed by atoms with van der Waals surface area (Å²) in [5.41, 5.74) is -0.245. The summed E-state index contributed by atoms with van der Waals surface area (Å²) < 4.78 is 5.30. The van der Waals surface area contributed by atoms with Crippen LogP contribution in [-0.4, -0.2) is 63.8 Å². The molecule has 1 unspecified atom stereocenters. The van der Waals surface area contributed by atoms with Gasteiger partial charge in [0.1, 0.15) is 0 Å². The molecule has 2 rings (SSSR count). The van der Waals surface area contributed by atoms with Gasteiger partial charge in [0.05, 0.1) is 12.0 Å². The molecule has 2 fully saturated rings. The van der Waals surface area contributed by atoms with Crippen LogP contribution in [-0.2, 0) is 9.53 Å². The van der Waals surface area contributed by atoms with E-state index in [-0.39, 0.29) is 16.9 Å². The fourth-order valence-electron chi connectivity index (χ4n) is 3.83. The number of hydrogen-bond acceptors (Lipinski definition) is 4. The van der Waals surface area contributed by atoms with Gasteiger partial charge in [-0.3, -0.25) is 4.79 Å². The van der Waals surface area contributed by atoms with E-state index in [9.17, 15) is 4.79 Å². The summed E-state index contributed by atoms with van der Waals surface area (Å²) in [6, 6.07) is 0. The van der Waals surface area contributed by atoms with Crippen molar-refractivity contribution >= 4 is 5.91 Å². The molecule has 21 heavy (non-hydrogen) atoms. The van der Waals surface area contributed by atoms with E-state index >= 15 is 0 Å². The van der Waals surface area contributed by atoms with Crippen molar-refractivity contribution in [2.24, 2.45) is 5.41 Å². The Balaban J connectivity index is 1.98. The molecule has 5 nitrogen and oxygen atoms in total. The van der Waals surface area contributed by atoms with E-state index in [0.717, 1.165) is 26.1 Å². The van der Waals surface area contributed by atoms with Gasteiger partial charge in [-0.1, -0.05) is 19.3 Å². The number of likely N-dealkylation sites (N-methyl/N-ethyl adjacent to an activating group) is 1. The number of ether oxygens (including phenoxy) is 1. The molecule has 1 heterocycles. The molecular formula is C16H31N3O2. The van der Waals surface area contributed by atoms with E-state index < -0.39 is 0 Å². The minimum absolute atomic E-state index is 0.133. The normalized spacial score (nSPS) is 28.8. The first-order valence-electron chi connectivity index (χ1n) is 8.20. The van der Waals surface area contributed by atoms with Crippen LogP contribution in [0.15, 0.2) is 0 Å². The number of nitrogens with one attached hydrogen (secondary N) is 2. The first kappa shape index (κ1) is 16.7. The van der Waals surface area contributed by atoms with Crippen LogP contribution >= 0.6 is 0 Å². The van der Waals surface area contributed by atoms with Crippen LogP contribution in [0.3, 0.4) is 0 Å². The molecule has 1 saturated carbocycles. The van der Waals surface area contributed by atoms with Gasteiger partial charge in [-0.25, -0.2) is 0 Å². The van der Waals surface area contributed by atoms with Crippen LogP contribution in [0.2, 0.25) is 0 Å². The highest BCUT2D eigenvalue weighted by atomic mass is 16.5. The predicted octanol–water partition coefficient (Wildman–Crippen LogP) is 0.993. The van der Waals surface area contributed by atoms with Crippen molar-refractivity contribution in [1.29, 1.82) is 0 Å². The summed E-state index contributed by atoms with van der Waals surface area (Å²) in [6.45, 7) is 2.88.